The zero-order valence-corrected chi connectivity index (χ0v) is 12.5. The van der Waals surface area contributed by atoms with Crippen molar-refractivity contribution in [3.63, 3.8) is 0 Å². The number of rotatable bonds is 4. The molecule has 4 nitrogen and oxygen atoms in total. The Morgan fingerprint density at radius 3 is 2.65 bits per heavy atom. The minimum atomic E-state index is -0.486. The molecule has 0 aromatic heterocycles. The first-order valence-corrected chi connectivity index (χ1v) is 7.18. The number of hydrogen-bond acceptors (Lipinski definition) is 3. The van der Waals surface area contributed by atoms with Gasteiger partial charge in [0.1, 0.15) is 5.60 Å². The molecule has 110 valence electrons. The van der Waals surface area contributed by atoms with Crippen molar-refractivity contribution in [1.82, 2.24) is 5.32 Å². The number of benzene rings is 1. The largest absolute Gasteiger partial charge is 0.444 e. The third kappa shape index (κ3) is 4.23. The Kier molecular flexibility index (Phi) is 4.33. The van der Waals surface area contributed by atoms with E-state index in [0.717, 1.165) is 5.56 Å². The maximum absolute atomic E-state index is 11.6. The third-order valence-corrected chi connectivity index (χ3v) is 3.28. The van der Waals surface area contributed by atoms with Gasteiger partial charge in [0.2, 0.25) is 0 Å². The highest BCUT2D eigenvalue weighted by atomic mass is 16.6. The normalized spacial score (nSPS) is 16.6. The average Bonchev–Trinajstić information content (AvgIpc) is 3.18. The van der Waals surface area contributed by atoms with E-state index in [4.69, 9.17) is 10.5 Å². The van der Waals surface area contributed by atoms with Crippen LogP contribution in [0, 0.1) is 0 Å². The van der Waals surface area contributed by atoms with E-state index in [1.54, 1.807) is 0 Å². The van der Waals surface area contributed by atoms with Gasteiger partial charge in [-0.3, -0.25) is 0 Å². The SMILES string of the molecule is CC(C)(C)OC(=O)NCC(N)c1ccccc1C1CC1. The monoisotopic (exact) mass is 276 g/mol. The molecule has 1 unspecified atom stereocenters. The fraction of sp³-hybridized carbons (Fsp3) is 0.562. The van der Waals surface area contributed by atoms with E-state index in [-0.39, 0.29) is 6.04 Å². The second kappa shape index (κ2) is 5.83. The molecule has 0 aliphatic heterocycles. The highest BCUT2D eigenvalue weighted by Crippen LogP contribution is 2.42. The zero-order chi connectivity index (χ0) is 14.8. The summed E-state index contributed by atoms with van der Waals surface area (Å²) in [5.74, 6) is 0.652. The summed E-state index contributed by atoms with van der Waals surface area (Å²) in [5.41, 5.74) is 8.17. The lowest BCUT2D eigenvalue weighted by Gasteiger charge is -2.21. The van der Waals surface area contributed by atoms with E-state index in [2.05, 4.69) is 17.4 Å². The number of alkyl carbamates (subject to hydrolysis) is 1. The maximum atomic E-state index is 11.6. The van der Waals surface area contributed by atoms with E-state index in [9.17, 15) is 4.79 Å². The minimum absolute atomic E-state index is 0.195. The fourth-order valence-electron chi connectivity index (χ4n) is 2.23. The highest BCUT2D eigenvalue weighted by Gasteiger charge is 2.27. The van der Waals surface area contributed by atoms with Crippen LogP contribution in [0.4, 0.5) is 4.79 Å². The molecule has 3 N–H and O–H groups in total. The lowest BCUT2D eigenvalue weighted by molar-refractivity contribution is 0.0524. The highest BCUT2D eigenvalue weighted by molar-refractivity contribution is 5.67. The first-order chi connectivity index (χ1) is 9.37. The van der Waals surface area contributed by atoms with Crippen LogP contribution in [0.5, 0.6) is 0 Å². The predicted molar refractivity (Wildman–Crippen MR) is 79.6 cm³/mol. The van der Waals surface area contributed by atoms with Crippen LogP contribution >= 0.6 is 0 Å². The van der Waals surface area contributed by atoms with Crippen LogP contribution in [-0.2, 0) is 4.74 Å². The van der Waals surface area contributed by atoms with E-state index in [1.165, 1.54) is 18.4 Å². The van der Waals surface area contributed by atoms with Gasteiger partial charge in [0.25, 0.3) is 0 Å². The van der Waals surface area contributed by atoms with Crippen LogP contribution in [0.1, 0.15) is 56.7 Å². The molecule has 20 heavy (non-hydrogen) atoms. The Bertz CT molecular complexity index is 476. The fourth-order valence-corrected chi connectivity index (χ4v) is 2.23. The summed E-state index contributed by atoms with van der Waals surface area (Å²) in [5, 5.41) is 2.74. The Labute approximate surface area is 120 Å². The maximum Gasteiger partial charge on any atom is 0.407 e. The number of nitrogens with two attached hydrogens (primary N) is 1. The number of nitrogens with one attached hydrogen (secondary N) is 1. The summed E-state index contributed by atoms with van der Waals surface area (Å²) < 4.78 is 5.21. The van der Waals surface area contributed by atoms with Gasteiger partial charge in [-0.15, -0.1) is 0 Å². The van der Waals surface area contributed by atoms with Gasteiger partial charge in [-0.05, 0) is 50.7 Å². The molecule has 1 aliphatic carbocycles. The summed E-state index contributed by atoms with van der Waals surface area (Å²) in [7, 11) is 0. The van der Waals surface area contributed by atoms with Crippen molar-refractivity contribution in [2.75, 3.05) is 6.54 Å². The Balaban J connectivity index is 1.92. The Hall–Kier alpha value is -1.55. The van der Waals surface area contributed by atoms with E-state index in [1.807, 2.05) is 32.9 Å². The van der Waals surface area contributed by atoms with Crippen molar-refractivity contribution in [2.45, 2.75) is 51.2 Å². The third-order valence-electron chi connectivity index (χ3n) is 3.28. The first-order valence-electron chi connectivity index (χ1n) is 7.18. The van der Waals surface area contributed by atoms with Crippen LogP contribution in [0.25, 0.3) is 0 Å². The van der Waals surface area contributed by atoms with Crippen LogP contribution in [-0.4, -0.2) is 18.2 Å². The molecule has 4 heteroatoms. The average molecular weight is 276 g/mol. The van der Waals surface area contributed by atoms with Gasteiger partial charge in [-0.2, -0.15) is 0 Å². The number of amides is 1. The number of hydrogen-bond donors (Lipinski definition) is 2. The van der Waals surface area contributed by atoms with E-state index in [0.29, 0.717) is 12.5 Å². The Morgan fingerprint density at radius 2 is 2.05 bits per heavy atom. The lowest BCUT2D eigenvalue weighted by Crippen LogP contribution is -2.36. The number of ether oxygens (including phenoxy) is 1. The standard InChI is InChI=1S/C16H24N2O2/c1-16(2,3)20-15(19)18-10-14(17)13-7-5-4-6-12(13)11-8-9-11/h4-7,11,14H,8-10,17H2,1-3H3,(H,18,19). The van der Waals surface area contributed by atoms with E-state index >= 15 is 0 Å². The molecule has 0 radical (unpaired) electrons. The summed E-state index contributed by atoms with van der Waals surface area (Å²) in [4.78, 5) is 11.6. The van der Waals surface area contributed by atoms with Gasteiger partial charge >= 0.3 is 6.09 Å². The van der Waals surface area contributed by atoms with Crippen molar-refractivity contribution in [1.29, 1.82) is 0 Å². The summed E-state index contributed by atoms with van der Waals surface area (Å²) in [6.45, 7) is 5.91. The van der Waals surface area contributed by atoms with Gasteiger partial charge < -0.3 is 15.8 Å². The molecular formula is C16H24N2O2. The first kappa shape index (κ1) is 14.9. The van der Waals surface area contributed by atoms with Crippen molar-refractivity contribution in [2.24, 2.45) is 5.73 Å². The number of carbonyl (C=O) groups excluding carboxylic acids is 1. The summed E-state index contributed by atoms with van der Waals surface area (Å²) in [6, 6.07) is 8.04. The Morgan fingerprint density at radius 1 is 1.40 bits per heavy atom. The summed E-state index contributed by atoms with van der Waals surface area (Å²) in [6.07, 6.45) is 2.06. The molecule has 1 fully saturated rings. The second-order valence-electron chi connectivity index (χ2n) is 6.39. The van der Waals surface area contributed by atoms with Crippen molar-refractivity contribution in [3.8, 4) is 0 Å². The molecule has 1 saturated carbocycles. The molecule has 0 spiro atoms. The lowest BCUT2D eigenvalue weighted by atomic mass is 9.97. The molecule has 1 aromatic carbocycles. The molecule has 0 bridgehead atoms. The predicted octanol–water partition coefficient (Wildman–Crippen LogP) is 3.09. The van der Waals surface area contributed by atoms with Crippen molar-refractivity contribution < 1.29 is 9.53 Å². The van der Waals surface area contributed by atoms with Crippen molar-refractivity contribution in [3.05, 3.63) is 35.4 Å². The van der Waals surface area contributed by atoms with Crippen LogP contribution in [0.15, 0.2) is 24.3 Å². The van der Waals surface area contributed by atoms with Crippen LogP contribution in [0.2, 0.25) is 0 Å². The molecule has 0 heterocycles. The topological polar surface area (TPSA) is 64.3 Å². The van der Waals surface area contributed by atoms with Crippen LogP contribution in [0.3, 0.4) is 0 Å². The molecule has 1 atom stereocenters. The van der Waals surface area contributed by atoms with Crippen molar-refractivity contribution >= 4 is 6.09 Å². The quantitative estimate of drug-likeness (QED) is 0.888. The molecule has 2 rings (SSSR count). The minimum Gasteiger partial charge on any atom is -0.444 e. The van der Waals surface area contributed by atoms with Gasteiger partial charge in [-0.25, -0.2) is 4.79 Å². The van der Waals surface area contributed by atoms with Gasteiger partial charge in [0.15, 0.2) is 0 Å². The molecular weight excluding hydrogens is 252 g/mol. The van der Waals surface area contributed by atoms with Gasteiger partial charge in [0.05, 0.1) is 0 Å². The zero-order valence-electron chi connectivity index (χ0n) is 12.5. The second-order valence-corrected chi connectivity index (χ2v) is 6.39. The van der Waals surface area contributed by atoms with Gasteiger partial charge in [-0.1, -0.05) is 24.3 Å². The molecule has 1 amide bonds. The molecule has 0 saturated heterocycles. The molecule has 1 aliphatic rings. The summed E-state index contributed by atoms with van der Waals surface area (Å²) >= 11 is 0. The van der Waals surface area contributed by atoms with E-state index < -0.39 is 11.7 Å². The van der Waals surface area contributed by atoms with Crippen LogP contribution < -0.4 is 11.1 Å². The smallest absolute Gasteiger partial charge is 0.407 e. The molecule has 1 aromatic rings. The van der Waals surface area contributed by atoms with Gasteiger partial charge in [0, 0.05) is 12.6 Å². The number of carbonyl (C=O) groups is 1.